The zero-order valence-electron chi connectivity index (χ0n) is 22.1. The maximum atomic E-state index is 12.5. The molecule has 2 rings (SSSR count). The van der Waals surface area contributed by atoms with Gasteiger partial charge in [-0.2, -0.15) is 0 Å². The van der Waals surface area contributed by atoms with Crippen LogP contribution in [0.2, 0.25) is 0 Å². The molecule has 0 saturated heterocycles. The van der Waals surface area contributed by atoms with E-state index in [0.29, 0.717) is 28.6 Å². The van der Waals surface area contributed by atoms with Crippen molar-refractivity contribution in [3.05, 3.63) is 88.4 Å². The summed E-state index contributed by atoms with van der Waals surface area (Å²) in [5.41, 5.74) is 6.00. The first-order valence-corrected chi connectivity index (χ1v) is 13.2. The minimum absolute atomic E-state index is 0.161. The van der Waals surface area contributed by atoms with Gasteiger partial charge < -0.3 is 10.2 Å². The molecule has 0 atom stereocenters. The number of rotatable bonds is 15. The Hall–Kier alpha value is -3.67. The predicted octanol–water partition coefficient (Wildman–Crippen LogP) is 7.09. The summed E-state index contributed by atoms with van der Waals surface area (Å²) in [6.07, 6.45) is 26.6. The van der Waals surface area contributed by atoms with Crippen molar-refractivity contribution in [1.29, 1.82) is 0 Å². The molecule has 2 aromatic rings. The van der Waals surface area contributed by atoms with E-state index in [2.05, 4.69) is 54.8 Å². The minimum atomic E-state index is -0.790. The summed E-state index contributed by atoms with van der Waals surface area (Å²) in [4.78, 5) is 37.0. The highest BCUT2D eigenvalue weighted by atomic mass is 16.4. The maximum absolute atomic E-state index is 12.5. The molecule has 3 N–H and O–H groups in total. The number of hydrogen-bond donors (Lipinski definition) is 2. The Labute approximate surface area is 220 Å². The number of nitrogens with one attached hydrogen (secondary N) is 1. The standard InChI is InChI=1S/C31H40N2O4/c1-3-4-5-6-7-8-9-10-11-12-13-14-15-16-17-18-19-20-28(34)33-30(35)29-24(2)26-22-21-25(32)23-27(26)37-31(29)36/h7-8,10-11,13-14,16-17,21-23H,3-6,9,12,15,18-20,32H2,1-2H3,(H,33,34,35)/b8-7-,11-10-,14-13-,17-16-. The molecule has 0 saturated carbocycles. The van der Waals surface area contributed by atoms with E-state index in [9.17, 15) is 14.4 Å². The smallest absolute Gasteiger partial charge is 0.349 e. The minimum Gasteiger partial charge on any atom is -0.422 e. The fourth-order valence-electron chi connectivity index (χ4n) is 3.83. The Balaban J connectivity index is 1.63. The molecular formula is C31H40N2O4. The van der Waals surface area contributed by atoms with Crippen molar-refractivity contribution >= 4 is 28.5 Å². The van der Waals surface area contributed by atoms with E-state index in [1.165, 1.54) is 31.7 Å². The van der Waals surface area contributed by atoms with Gasteiger partial charge in [0.15, 0.2) is 0 Å². The van der Waals surface area contributed by atoms with Gasteiger partial charge in [0.1, 0.15) is 11.1 Å². The van der Waals surface area contributed by atoms with Crippen LogP contribution in [0.4, 0.5) is 5.69 Å². The molecule has 1 aromatic carbocycles. The summed E-state index contributed by atoms with van der Waals surface area (Å²) in [5.74, 6) is -1.16. The lowest BCUT2D eigenvalue weighted by molar-refractivity contribution is -0.120. The molecule has 0 unspecified atom stereocenters. The zero-order valence-corrected chi connectivity index (χ0v) is 22.1. The lowest BCUT2D eigenvalue weighted by atomic mass is 10.0. The molecule has 0 aliphatic carbocycles. The van der Waals surface area contributed by atoms with Crippen molar-refractivity contribution in [3.8, 4) is 0 Å². The summed E-state index contributed by atoms with van der Waals surface area (Å²) >= 11 is 0. The van der Waals surface area contributed by atoms with Crippen LogP contribution in [-0.2, 0) is 4.79 Å². The average molecular weight is 505 g/mol. The van der Waals surface area contributed by atoms with E-state index in [-0.39, 0.29) is 12.0 Å². The highest BCUT2D eigenvalue weighted by molar-refractivity contribution is 6.07. The molecule has 0 aliphatic heterocycles. The van der Waals surface area contributed by atoms with Crippen molar-refractivity contribution in [2.45, 2.75) is 78.1 Å². The SMILES string of the molecule is CCCCC/C=C\C/C=C\C/C=C\C/C=C\CCCC(=O)NC(=O)c1c(C)c2ccc(N)cc2oc1=O. The van der Waals surface area contributed by atoms with Crippen molar-refractivity contribution in [3.63, 3.8) is 0 Å². The van der Waals surface area contributed by atoms with Crippen LogP contribution in [0.3, 0.4) is 0 Å². The van der Waals surface area contributed by atoms with Gasteiger partial charge in [-0.1, -0.05) is 68.4 Å². The van der Waals surface area contributed by atoms with Crippen LogP contribution in [0.1, 0.15) is 87.1 Å². The number of aryl methyl sites for hydroxylation is 1. The van der Waals surface area contributed by atoms with E-state index < -0.39 is 17.4 Å². The third-order valence-electron chi connectivity index (χ3n) is 5.90. The number of carbonyl (C=O) groups is 2. The Morgan fingerprint density at radius 3 is 2.11 bits per heavy atom. The number of unbranched alkanes of at least 4 members (excludes halogenated alkanes) is 4. The van der Waals surface area contributed by atoms with Crippen LogP contribution < -0.4 is 16.7 Å². The molecule has 0 radical (unpaired) electrons. The molecule has 0 aliphatic rings. The first-order chi connectivity index (χ1) is 17.9. The zero-order chi connectivity index (χ0) is 26.9. The highest BCUT2D eigenvalue weighted by Crippen LogP contribution is 2.21. The molecule has 2 amide bonds. The van der Waals surface area contributed by atoms with Crippen molar-refractivity contribution in [2.75, 3.05) is 5.73 Å². The monoisotopic (exact) mass is 504 g/mol. The van der Waals surface area contributed by atoms with Crippen LogP contribution in [0.25, 0.3) is 11.0 Å². The Bertz CT molecular complexity index is 1200. The Kier molecular flexibility index (Phi) is 13.5. The normalized spacial score (nSPS) is 12.1. The van der Waals surface area contributed by atoms with Crippen molar-refractivity contribution in [2.24, 2.45) is 0 Å². The number of fused-ring (bicyclic) bond motifs is 1. The fraction of sp³-hybridized carbons (Fsp3) is 0.387. The third kappa shape index (κ3) is 10.9. The second-order valence-corrected chi connectivity index (χ2v) is 9.00. The van der Waals surface area contributed by atoms with Gasteiger partial charge in [-0.25, -0.2) is 4.79 Å². The molecule has 0 fully saturated rings. The molecular weight excluding hydrogens is 464 g/mol. The predicted molar refractivity (Wildman–Crippen MR) is 153 cm³/mol. The number of carbonyl (C=O) groups excluding carboxylic acids is 2. The molecule has 37 heavy (non-hydrogen) atoms. The largest absolute Gasteiger partial charge is 0.422 e. The molecule has 0 spiro atoms. The number of benzene rings is 1. The molecule has 0 bridgehead atoms. The molecule has 198 valence electrons. The van der Waals surface area contributed by atoms with Gasteiger partial charge in [-0.3, -0.25) is 14.9 Å². The van der Waals surface area contributed by atoms with Gasteiger partial charge >= 0.3 is 5.63 Å². The second-order valence-electron chi connectivity index (χ2n) is 9.00. The summed E-state index contributed by atoms with van der Waals surface area (Å²) in [6, 6.07) is 4.89. The molecule has 1 aromatic heterocycles. The van der Waals surface area contributed by atoms with Crippen LogP contribution >= 0.6 is 0 Å². The van der Waals surface area contributed by atoms with Crippen LogP contribution in [0.15, 0.2) is 76.0 Å². The Morgan fingerprint density at radius 1 is 0.892 bits per heavy atom. The quantitative estimate of drug-likeness (QED) is 0.117. The average Bonchev–Trinajstić information content (AvgIpc) is 2.85. The van der Waals surface area contributed by atoms with Crippen molar-refractivity contribution < 1.29 is 14.0 Å². The van der Waals surface area contributed by atoms with Gasteiger partial charge in [-0.05, 0) is 69.6 Å². The van der Waals surface area contributed by atoms with Crippen LogP contribution in [-0.4, -0.2) is 11.8 Å². The van der Waals surface area contributed by atoms with E-state index in [1.54, 1.807) is 19.1 Å². The molecule has 6 heteroatoms. The number of nitrogens with two attached hydrogens (primary N) is 1. The number of amides is 2. The van der Waals surface area contributed by atoms with E-state index in [0.717, 1.165) is 25.7 Å². The summed E-state index contributed by atoms with van der Waals surface area (Å²) in [5, 5.41) is 2.90. The lowest BCUT2D eigenvalue weighted by Crippen LogP contribution is -2.34. The first kappa shape index (κ1) is 29.6. The fourth-order valence-corrected chi connectivity index (χ4v) is 3.83. The number of imide groups is 1. The van der Waals surface area contributed by atoms with Crippen LogP contribution in [0.5, 0.6) is 0 Å². The third-order valence-corrected chi connectivity index (χ3v) is 5.90. The Morgan fingerprint density at radius 2 is 1.49 bits per heavy atom. The number of allylic oxidation sites excluding steroid dienone is 8. The van der Waals surface area contributed by atoms with Gasteiger partial charge in [-0.15, -0.1) is 0 Å². The van der Waals surface area contributed by atoms with Gasteiger partial charge in [0.05, 0.1) is 0 Å². The number of hydrogen-bond acceptors (Lipinski definition) is 5. The number of anilines is 1. The first-order valence-electron chi connectivity index (χ1n) is 13.2. The molecule has 6 nitrogen and oxygen atoms in total. The van der Waals surface area contributed by atoms with Gasteiger partial charge in [0, 0.05) is 23.6 Å². The highest BCUT2D eigenvalue weighted by Gasteiger charge is 2.20. The van der Waals surface area contributed by atoms with E-state index in [1.807, 2.05) is 6.08 Å². The summed E-state index contributed by atoms with van der Waals surface area (Å²) < 4.78 is 5.23. The summed E-state index contributed by atoms with van der Waals surface area (Å²) in [6.45, 7) is 3.87. The van der Waals surface area contributed by atoms with Crippen molar-refractivity contribution in [1.82, 2.24) is 5.32 Å². The van der Waals surface area contributed by atoms with Gasteiger partial charge in [0.25, 0.3) is 5.91 Å². The summed E-state index contributed by atoms with van der Waals surface area (Å²) in [7, 11) is 0. The van der Waals surface area contributed by atoms with E-state index >= 15 is 0 Å². The maximum Gasteiger partial charge on any atom is 0.349 e. The van der Waals surface area contributed by atoms with E-state index in [4.69, 9.17) is 10.2 Å². The van der Waals surface area contributed by atoms with Crippen LogP contribution in [0, 0.1) is 6.92 Å². The lowest BCUT2D eigenvalue weighted by Gasteiger charge is -2.08. The molecule has 1 heterocycles. The second kappa shape index (κ2) is 16.9. The van der Waals surface area contributed by atoms with Gasteiger partial charge in [0.2, 0.25) is 5.91 Å². The number of nitrogen functional groups attached to an aromatic ring is 1. The topological polar surface area (TPSA) is 102 Å².